The fourth-order valence-corrected chi connectivity index (χ4v) is 5.00. The Bertz CT molecular complexity index is 494. The lowest BCUT2D eigenvalue weighted by atomic mass is 9.85. The highest BCUT2D eigenvalue weighted by molar-refractivity contribution is 6.74. The molecule has 0 aromatic heterocycles. The van der Waals surface area contributed by atoms with Crippen LogP contribution in [-0.4, -0.2) is 61.6 Å². The van der Waals surface area contributed by atoms with Gasteiger partial charge in [0, 0.05) is 0 Å². The molecule has 6 atom stereocenters. The van der Waals surface area contributed by atoms with Gasteiger partial charge in [-0.25, -0.2) is 0 Å². The predicted octanol–water partition coefficient (Wildman–Crippen LogP) is 2.79. The number of aliphatic hydroxyl groups is 1. The molecule has 0 amide bonds. The summed E-state index contributed by atoms with van der Waals surface area (Å²) in [6.45, 7) is 18.5. The van der Waals surface area contributed by atoms with Crippen LogP contribution >= 0.6 is 0 Å². The average molecular weight is 375 g/mol. The molecular weight excluding hydrogens is 340 g/mol. The highest BCUT2D eigenvalue weighted by atomic mass is 28.4. The summed E-state index contributed by atoms with van der Waals surface area (Å²) in [6.07, 6.45) is -2.86. The van der Waals surface area contributed by atoms with Crippen molar-refractivity contribution in [3.8, 4) is 0 Å². The summed E-state index contributed by atoms with van der Waals surface area (Å²) in [5, 5.41) is 10.9. The summed E-state index contributed by atoms with van der Waals surface area (Å²) in [5.41, 5.74) is 0. The van der Waals surface area contributed by atoms with Crippen molar-refractivity contribution in [3.63, 3.8) is 0 Å². The first-order chi connectivity index (χ1) is 11.1. The number of ether oxygens (including phenoxy) is 4. The molecule has 146 valence electrons. The second kappa shape index (κ2) is 5.74. The van der Waals surface area contributed by atoms with Crippen LogP contribution in [0.5, 0.6) is 0 Å². The number of hydrogen-bond acceptors (Lipinski definition) is 6. The van der Waals surface area contributed by atoms with Crippen LogP contribution in [0.3, 0.4) is 0 Å². The van der Waals surface area contributed by atoms with Crippen molar-refractivity contribution >= 4 is 8.32 Å². The van der Waals surface area contributed by atoms with E-state index in [1.807, 2.05) is 27.7 Å². The zero-order chi connectivity index (χ0) is 19.0. The van der Waals surface area contributed by atoms with E-state index in [2.05, 4.69) is 33.9 Å². The molecule has 2 saturated heterocycles. The second-order valence-corrected chi connectivity index (χ2v) is 14.7. The van der Waals surface area contributed by atoms with Crippen molar-refractivity contribution in [2.24, 2.45) is 0 Å². The second-order valence-electron chi connectivity index (χ2n) is 9.96. The van der Waals surface area contributed by atoms with Gasteiger partial charge in [0.25, 0.3) is 0 Å². The molecule has 3 aliphatic rings. The van der Waals surface area contributed by atoms with E-state index in [4.69, 9.17) is 23.4 Å². The Kier molecular flexibility index (Phi) is 4.53. The van der Waals surface area contributed by atoms with Crippen molar-refractivity contribution in [3.05, 3.63) is 0 Å². The highest BCUT2D eigenvalue weighted by Gasteiger charge is 2.64. The minimum Gasteiger partial charge on any atom is -0.408 e. The molecule has 25 heavy (non-hydrogen) atoms. The zero-order valence-corrected chi connectivity index (χ0v) is 18.0. The van der Waals surface area contributed by atoms with Gasteiger partial charge in [0.2, 0.25) is 0 Å². The van der Waals surface area contributed by atoms with E-state index in [0.29, 0.717) is 0 Å². The zero-order valence-electron chi connectivity index (χ0n) is 17.0. The summed E-state index contributed by atoms with van der Waals surface area (Å²) in [4.78, 5) is 0. The SMILES string of the molecule is CC1(C)O[C@@H]2C(O[Si](C)(C)C(C)(C)C)[C@@H]3OC(C)(C)O[C@H]3C(O)[C@@H]2O1. The lowest BCUT2D eigenvalue weighted by molar-refractivity contribution is -0.182. The summed E-state index contributed by atoms with van der Waals surface area (Å²) in [5.74, 6) is -1.53. The summed E-state index contributed by atoms with van der Waals surface area (Å²) < 4.78 is 31.0. The van der Waals surface area contributed by atoms with E-state index in [-0.39, 0.29) is 23.4 Å². The standard InChI is InChI=1S/C18H34O6Si/c1-16(2,3)25(8,9)24-15-13-11(20-17(4,5)22-13)10(19)12-14(15)23-18(6,7)21-12/h10-15,19H,1-9H3/t10?,11-,12-,13-,14+,15?/m0/s1. The van der Waals surface area contributed by atoms with Gasteiger partial charge >= 0.3 is 0 Å². The monoisotopic (exact) mass is 374 g/mol. The van der Waals surface area contributed by atoms with Gasteiger partial charge < -0.3 is 28.5 Å². The van der Waals surface area contributed by atoms with Crippen LogP contribution in [0.25, 0.3) is 0 Å². The van der Waals surface area contributed by atoms with Crippen LogP contribution in [0.4, 0.5) is 0 Å². The Hall–Kier alpha value is -0.0231. The molecule has 1 aliphatic carbocycles. The number of hydrogen-bond donors (Lipinski definition) is 1. The Morgan fingerprint density at radius 2 is 1.16 bits per heavy atom. The number of aliphatic hydroxyl groups excluding tert-OH is 1. The van der Waals surface area contributed by atoms with E-state index in [0.717, 1.165) is 0 Å². The van der Waals surface area contributed by atoms with Crippen molar-refractivity contribution in [2.75, 3.05) is 0 Å². The minimum atomic E-state index is -2.08. The average Bonchev–Trinajstić information content (AvgIpc) is 2.89. The summed E-state index contributed by atoms with van der Waals surface area (Å²) >= 11 is 0. The van der Waals surface area contributed by atoms with E-state index >= 15 is 0 Å². The van der Waals surface area contributed by atoms with Gasteiger partial charge in [-0.2, -0.15) is 0 Å². The van der Waals surface area contributed by atoms with Gasteiger partial charge in [0.05, 0.1) is 0 Å². The summed E-state index contributed by atoms with van der Waals surface area (Å²) in [7, 11) is -2.08. The van der Waals surface area contributed by atoms with Crippen LogP contribution in [-0.2, 0) is 23.4 Å². The van der Waals surface area contributed by atoms with Crippen LogP contribution in [0.2, 0.25) is 18.1 Å². The fourth-order valence-electron chi connectivity index (χ4n) is 3.70. The molecule has 1 saturated carbocycles. The van der Waals surface area contributed by atoms with Crippen molar-refractivity contribution in [1.29, 1.82) is 0 Å². The molecule has 7 heteroatoms. The van der Waals surface area contributed by atoms with Gasteiger partial charge in [-0.05, 0) is 45.8 Å². The quantitative estimate of drug-likeness (QED) is 0.750. The lowest BCUT2D eigenvalue weighted by Crippen LogP contribution is -2.64. The Balaban J connectivity index is 1.95. The van der Waals surface area contributed by atoms with Gasteiger partial charge in [-0.15, -0.1) is 0 Å². The molecule has 3 fully saturated rings. The molecular formula is C18H34O6Si. The Morgan fingerprint density at radius 3 is 1.52 bits per heavy atom. The first-order valence-corrected chi connectivity index (χ1v) is 12.1. The van der Waals surface area contributed by atoms with Crippen molar-refractivity contribution in [1.82, 2.24) is 0 Å². The van der Waals surface area contributed by atoms with Crippen LogP contribution in [0.15, 0.2) is 0 Å². The van der Waals surface area contributed by atoms with Gasteiger partial charge in [-0.1, -0.05) is 20.8 Å². The predicted molar refractivity (Wildman–Crippen MR) is 95.7 cm³/mol. The fraction of sp³-hybridized carbons (Fsp3) is 1.00. The smallest absolute Gasteiger partial charge is 0.192 e. The van der Waals surface area contributed by atoms with E-state index in [1.165, 1.54) is 0 Å². The first-order valence-electron chi connectivity index (χ1n) is 9.21. The normalized spacial score (nSPS) is 43.0. The molecule has 0 bridgehead atoms. The third kappa shape index (κ3) is 3.45. The van der Waals surface area contributed by atoms with Crippen LogP contribution in [0, 0.1) is 0 Å². The maximum Gasteiger partial charge on any atom is 0.192 e. The lowest BCUT2D eigenvalue weighted by Gasteiger charge is -2.46. The highest BCUT2D eigenvalue weighted by Crippen LogP contribution is 2.47. The topological polar surface area (TPSA) is 66.4 Å². The van der Waals surface area contributed by atoms with Crippen molar-refractivity contribution in [2.45, 2.75) is 115 Å². The van der Waals surface area contributed by atoms with Gasteiger partial charge in [0.1, 0.15) is 36.6 Å². The van der Waals surface area contributed by atoms with E-state index < -0.39 is 38.2 Å². The van der Waals surface area contributed by atoms with Gasteiger partial charge in [0.15, 0.2) is 19.9 Å². The molecule has 0 aromatic rings. The third-order valence-electron chi connectivity index (χ3n) is 5.88. The number of rotatable bonds is 2. The summed E-state index contributed by atoms with van der Waals surface area (Å²) in [6, 6.07) is 0. The molecule has 0 aromatic carbocycles. The van der Waals surface area contributed by atoms with E-state index in [1.54, 1.807) is 0 Å². The molecule has 1 N–H and O–H groups in total. The molecule has 2 aliphatic heterocycles. The molecule has 0 spiro atoms. The van der Waals surface area contributed by atoms with Crippen LogP contribution in [0.1, 0.15) is 48.5 Å². The Labute approximate surface area is 152 Å². The molecule has 0 radical (unpaired) electrons. The molecule has 2 unspecified atom stereocenters. The minimum absolute atomic E-state index is 0.0536. The third-order valence-corrected chi connectivity index (χ3v) is 10.4. The molecule has 6 nitrogen and oxygen atoms in total. The van der Waals surface area contributed by atoms with Crippen molar-refractivity contribution < 1.29 is 28.5 Å². The van der Waals surface area contributed by atoms with E-state index in [9.17, 15) is 5.11 Å². The molecule has 3 rings (SSSR count). The maximum absolute atomic E-state index is 10.8. The first kappa shape index (κ1) is 19.7. The Morgan fingerprint density at radius 1 is 0.800 bits per heavy atom. The van der Waals surface area contributed by atoms with Crippen LogP contribution < -0.4 is 0 Å². The molecule has 2 heterocycles. The van der Waals surface area contributed by atoms with Gasteiger partial charge in [-0.3, -0.25) is 0 Å². The number of fused-ring (bicyclic) bond motifs is 2. The maximum atomic E-state index is 10.8. The largest absolute Gasteiger partial charge is 0.408 e.